The Morgan fingerprint density at radius 2 is 2.12 bits per heavy atom. The summed E-state index contributed by atoms with van der Waals surface area (Å²) >= 11 is 0. The van der Waals surface area contributed by atoms with Crippen molar-refractivity contribution in [1.29, 1.82) is 0 Å². The van der Waals surface area contributed by atoms with Crippen molar-refractivity contribution in [1.82, 2.24) is 9.78 Å². The monoisotopic (exact) mass is 349 g/mol. The van der Waals surface area contributed by atoms with Crippen LogP contribution in [0.1, 0.15) is 11.1 Å². The van der Waals surface area contributed by atoms with E-state index in [0.717, 1.165) is 0 Å². The zero-order chi connectivity index (χ0) is 18.0. The molecular weight excluding hydrogens is 336 g/mol. The molecule has 1 aromatic carbocycles. The second-order valence-corrected chi connectivity index (χ2v) is 5.03. The van der Waals surface area contributed by atoms with E-state index in [4.69, 9.17) is 9.47 Å². The van der Waals surface area contributed by atoms with E-state index in [1.165, 1.54) is 31.4 Å². The number of cyclic esters (lactones) is 1. The van der Waals surface area contributed by atoms with Gasteiger partial charge in [-0.3, -0.25) is 4.68 Å². The lowest BCUT2D eigenvalue weighted by atomic mass is 10.2. The molecule has 0 amide bonds. The highest BCUT2D eigenvalue weighted by atomic mass is 19.3. The maximum atomic E-state index is 12.4. The number of nitrogens with zero attached hydrogens (tertiary/aromatic N) is 3. The van der Waals surface area contributed by atoms with E-state index >= 15 is 0 Å². The summed E-state index contributed by atoms with van der Waals surface area (Å²) in [5.74, 6) is -0.633. The second-order valence-electron chi connectivity index (χ2n) is 5.03. The van der Waals surface area contributed by atoms with E-state index in [9.17, 15) is 13.6 Å². The van der Waals surface area contributed by atoms with Gasteiger partial charge in [0.05, 0.1) is 13.3 Å². The number of alkyl halides is 2. The molecule has 2 heterocycles. The van der Waals surface area contributed by atoms with Gasteiger partial charge in [-0.25, -0.2) is 9.79 Å². The van der Waals surface area contributed by atoms with Crippen LogP contribution in [0.4, 0.5) is 8.78 Å². The Kier molecular flexibility index (Phi) is 4.46. The van der Waals surface area contributed by atoms with Gasteiger partial charge < -0.3 is 14.2 Å². The molecule has 3 rings (SSSR count). The molecule has 0 fully saturated rings. The third-order valence-electron chi connectivity index (χ3n) is 3.28. The molecular formula is C16H13F2N3O4. The minimum Gasteiger partial charge on any atom is -0.493 e. The van der Waals surface area contributed by atoms with Gasteiger partial charge in [-0.1, -0.05) is 0 Å². The first-order chi connectivity index (χ1) is 12.0. The molecule has 0 atom stereocenters. The zero-order valence-corrected chi connectivity index (χ0v) is 13.3. The van der Waals surface area contributed by atoms with Crippen molar-refractivity contribution >= 4 is 17.9 Å². The van der Waals surface area contributed by atoms with Crippen LogP contribution in [0.15, 0.2) is 41.3 Å². The summed E-state index contributed by atoms with van der Waals surface area (Å²) in [7, 11) is 3.06. The van der Waals surface area contributed by atoms with Crippen LogP contribution in [0.25, 0.3) is 6.08 Å². The van der Waals surface area contributed by atoms with Crippen LogP contribution in [0.2, 0.25) is 0 Å². The van der Waals surface area contributed by atoms with Crippen LogP contribution < -0.4 is 9.47 Å². The molecule has 0 saturated heterocycles. The lowest BCUT2D eigenvalue weighted by Gasteiger charge is -2.10. The summed E-state index contributed by atoms with van der Waals surface area (Å²) < 4.78 is 40.8. The van der Waals surface area contributed by atoms with E-state index in [1.54, 1.807) is 24.1 Å². The van der Waals surface area contributed by atoms with Crippen molar-refractivity contribution in [3.63, 3.8) is 0 Å². The first-order valence-electron chi connectivity index (χ1n) is 7.10. The lowest BCUT2D eigenvalue weighted by Crippen LogP contribution is -2.07. The molecule has 7 nitrogen and oxygen atoms in total. The number of methoxy groups -OCH3 is 1. The van der Waals surface area contributed by atoms with Crippen LogP contribution in [-0.4, -0.2) is 35.4 Å². The van der Waals surface area contributed by atoms with Gasteiger partial charge in [-0.05, 0) is 24.3 Å². The number of aliphatic imine (C=N–C) groups is 1. The van der Waals surface area contributed by atoms with Crippen LogP contribution in [0.5, 0.6) is 11.5 Å². The number of hydrogen-bond acceptors (Lipinski definition) is 6. The number of benzene rings is 1. The SMILES string of the molecule is COc1cc(C2=NC(=Cc3cnn(C)c3)C(=O)O2)ccc1OC(F)F. The van der Waals surface area contributed by atoms with Gasteiger partial charge in [-0.15, -0.1) is 0 Å². The van der Waals surface area contributed by atoms with Crippen molar-refractivity contribution < 1.29 is 27.8 Å². The highest BCUT2D eigenvalue weighted by molar-refractivity contribution is 6.13. The molecule has 0 bridgehead atoms. The van der Waals surface area contributed by atoms with Crippen molar-refractivity contribution in [3.8, 4) is 11.5 Å². The van der Waals surface area contributed by atoms with Gasteiger partial charge in [0.15, 0.2) is 17.2 Å². The fourth-order valence-electron chi connectivity index (χ4n) is 2.20. The fraction of sp³-hybridized carbons (Fsp3) is 0.188. The molecule has 1 aromatic heterocycles. The molecule has 1 aliphatic rings. The number of aryl methyl sites for hydroxylation is 1. The first-order valence-corrected chi connectivity index (χ1v) is 7.10. The average Bonchev–Trinajstić information content (AvgIpc) is 3.14. The van der Waals surface area contributed by atoms with E-state index in [2.05, 4.69) is 14.8 Å². The largest absolute Gasteiger partial charge is 0.493 e. The van der Waals surface area contributed by atoms with Crippen LogP contribution >= 0.6 is 0 Å². The minimum atomic E-state index is -2.98. The zero-order valence-electron chi connectivity index (χ0n) is 13.3. The Morgan fingerprint density at radius 3 is 2.76 bits per heavy atom. The van der Waals surface area contributed by atoms with Crippen LogP contribution in [0.3, 0.4) is 0 Å². The number of halogens is 2. The number of rotatable bonds is 5. The second kappa shape index (κ2) is 6.71. The van der Waals surface area contributed by atoms with E-state index in [-0.39, 0.29) is 23.1 Å². The standard InChI is InChI=1S/C16H13F2N3O4/c1-21-8-9(7-19-21)5-11-15(22)25-14(20-11)10-3-4-12(24-16(17)18)13(6-10)23-2/h3-8,16H,1-2H3. The predicted molar refractivity (Wildman–Crippen MR) is 83.4 cm³/mol. The van der Waals surface area contributed by atoms with Crippen molar-refractivity contribution in [2.45, 2.75) is 6.61 Å². The molecule has 0 unspecified atom stereocenters. The molecule has 0 radical (unpaired) electrons. The Balaban J connectivity index is 1.90. The van der Waals surface area contributed by atoms with Crippen LogP contribution in [0, 0.1) is 0 Å². The number of hydrogen-bond donors (Lipinski definition) is 0. The number of ether oxygens (including phenoxy) is 3. The first kappa shape index (κ1) is 16.6. The van der Waals surface area contributed by atoms with E-state index in [0.29, 0.717) is 11.1 Å². The van der Waals surface area contributed by atoms with Gasteiger partial charge in [0.25, 0.3) is 0 Å². The molecule has 2 aromatic rings. The average molecular weight is 349 g/mol. The number of aromatic nitrogens is 2. The third-order valence-corrected chi connectivity index (χ3v) is 3.28. The molecule has 0 saturated carbocycles. The Labute approximate surface area is 141 Å². The molecule has 0 N–H and O–H groups in total. The summed E-state index contributed by atoms with van der Waals surface area (Å²) in [6, 6.07) is 4.13. The molecule has 1 aliphatic heterocycles. The molecule has 0 spiro atoms. The summed E-state index contributed by atoms with van der Waals surface area (Å²) in [6.45, 7) is -2.98. The molecule has 9 heteroatoms. The maximum absolute atomic E-state index is 12.4. The summed E-state index contributed by atoms with van der Waals surface area (Å²) in [5.41, 5.74) is 1.19. The maximum Gasteiger partial charge on any atom is 0.387 e. The number of carbonyl (C=O) groups is 1. The smallest absolute Gasteiger partial charge is 0.387 e. The quantitative estimate of drug-likeness (QED) is 0.612. The third kappa shape index (κ3) is 3.65. The minimum absolute atomic E-state index is 0.0436. The number of carbonyl (C=O) groups excluding carboxylic acids is 1. The van der Waals surface area contributed by atoms with Gasteiger partial charge in [0.1, 0.15) is 0 Å². The van der Waals surface area contributed by atoms with Crippen molar-refractivity contribution in [2.75, 3.05) is 7.11 Å². The normalized spacial score (nSPS) is 15.5. The van der Waals surface area contributed by atoms with Gasteiger partial charge >= 0.3 is 12.6 Å². The summed E-state index contributed by atoms with van der Waals surface area (Å²) in [4.78, 5) is 16.1. The van der Waals surface area contributed by atoms with E-state index < -0.39 is 12.6 Å². The Bertz CT molecular complexity index is 874. The van der Waals surface area contributed by atoms with Crippen LogP contribution in [-0.2, 0) is 16.6 Å². The molecule has 0 aliphatic carbocycles. The van der Waals surface area contributed by atoms with Crippen molar-refractivity contribution in [2.24, 2.45) is 12.0 Å². The molecule has 130 valence electrons. The fourth-order valence-corrected chi connectivity index (χ4v) is 2.20. The van der Waals surface area contributed by atoms with E-state index in [1.807, 2.05) is 0 Å². The topological polar surface area (TPSA) is 74.9 Å². The highest BCUT2D eigenvalue weighted by Gasteiger charge is 2.25. The Hall–Kier alpha value is -3.23. The van der Waals surface area contributed by atoms with Crippen molar-refractivity contribution in [3.05, 3.63) is 47.4 Å². The summed E-state index contributed by atoms with van der Waals surface area (Å²) in [5, 5.41) is 4.00. The van der Waals surface area contributed by atoms with Gasteiger partial charge in [0.2, 0.25) is 5.90 Å². The predicted octanol–water partition coefficient (Wildman–Crippen LogP) is 2.37. The number of esters is 1. The van der Waals surface area contributed by atoms with Gasteiger partial charge in [0, 0.05) is 24.4 Å². The lowest BCUT2D eigenvalue weighted by molar-refractivity contribution is -0.129. The summed E-state index contributed by atoms with van der Waals surface area (Å²) in [6.07, 6.45) is 4.83. The molecule has 25 heavy (non-hydrogen) atoms. The highest BCUT2D eigenvalue weighted by Crippen LogP contribution is 2.31. The van der Waals surface area contributed by atoms with Gasteiger partial charge in [-0.2, -0.15) is 13.9 Å². The Morgan fingerprint density at radius 1 is 1.32 bits per heavy atom.